The maximum Gasteiger partial charge on any atom is 0.338 e. The van der Waals surface area contributed by atoms with Crippen LogP contribution in [0.3, 0.4) is 0 Å². The number of hydrogen-bond donors (Lipinski definition) is 2. The lowest BCUT2D eigenvalue weighted by atomic mass is 9.96. The van der Waals surface area contributed by atoms with E-state index in [1.165, 1.54) is 13.3 Å². The van der Waals surface area contributed by atoms with Gasteiger partial charge in [0.2, 0.25) is 0 Å². The molecule has 0 heterocycles. The number of ether oxygens (including phenoxy) is 1. The van der Waals surface area contributed by atoms with E-state index in [4.69, 9.17) is 4.74 Å². The zero-order valence-electron chi connectivity index (χ0n) is 14.8. The average Bonchev–Trinajstić information content (AvgIpc) is 2.62. The maximum absolute atomic E-state index is 12.1. The van der Waals surface area contributed by atoms with Gasteiger partial charge in [-0.05, 0) is 43.9 Å². The Balaban J connectivity index is 1.80. The maximum atomic E-state index is 12.1. The van der Waals surface area contributed by atoms with Crippen LogP contribution in [-0.2, 0) is 16.0 Å². The topological polar surface area (TPSA) is 84.5 Å². The second-order valence-corrected chi connectivity index (χ2v) is 6.40. The Hall–Kier alpha value is -2.37. The van der Waals surface area contributed by atoms with Crippen molar-refractivity contribution in [2.45, 2.75) is 64.5 Å². The number of imide groups is 1. The largest absolute Gasteiger partial charge is 0.449 e. The van der Waals surface area contributed by atoms with Gasteiger partial charge in [0.25, 0.3) is 5.91 Å². The molecule has 1 aromatic carbocycles. The number of esters is 1. The van der Waals surface area contributed by atoms with Gasteiger partial charge in [-0.3, -0.25) is 10.1 Å². The van der Waals surface area contributed by atoms with E-state index in [0.29, 0.717) is 5.56 Å². The van der Waals surface area contributed by atoms with Gasteiger partial charge in [-0.25, -0.2) is 9.59 Å². The number of urea groups is 1. The van der Waals surface area contributed by atoms with Gasteiger partial charge in [0, 0.05) is 6.04 Å². The monoisotopic (exact) mass is 346 g/mol. The molecule has 1 atom stereocenters. The molecule has 3 amide bonds. The van der Waals surface area contributed by atoms with Gasteiger partial charge in [0.1, 0.15) is 0 Å². The van der Waals surface area contributed by atoms with E-state index in [1.54, 1.807) is 12.1 Å². The van der Waals surface area contributed by atoms with Crippen LogP contribution in [0.15, 0.2) is 24.3 Å². The van der Waals surface area contributed by atoms with Gasteiger partial charge in [0.15, 0.2) is 6.10 Å². The summed E-state index contributed by atoms with van der Waals surface area (Å²) in [5, 5.41) is 5.03. The van der Waals surface area contributed by atoms with E-state index in [-0.39, 0.29) is 6.04 Å². The summed E-state index contributed by atoms with van der Waals surface area (Å²) < 4.78 is 5.13. The molecule has 1 aliphatic rings. The molecule has 0 unspecified atom stereocenters. The van der Waals surface area contributed by atoms with Crippen molar-refractivity contribution in [2.24, 2.45) is 0 Å². The summed E-state index contributed by atoms with van der Waals surface area (Å²) in [5.41, 5.74) is 1.49. The second kappa shape index (κ2) is 9.20. The van der Waals surface area contributed by atoms with E-state index in [9.17, 15) is 14.4 Å². The summed E-state index contributed by atoms with van der Waals surface area (Å²) in [4.78, 5) is 35.9. The molecule has 1 fully saturated rings. The van der Waals surface area contributed by atoms with Crippen molar-refractivity contribution < 1.29 is 19.1 Å². The first-order valence-corrected chi connectivity index (χ1v) is 8.91. The number of aryl methyl sites for hydroxylation is 1. The van der Waals surface area contributed by atoms with Crippen LogP contribution in [0.2, 0.25) is 0 Å². The molecule has 136 valence electrons. The Labute approximate surface area is 148 Å². The first-order valence-electron chi connectivity index (χ1n) is 8.91. The highest BCUT2D eigenvalue weighted by Crippen LogP contribution is 2.17. The molecule has 0 bridgehead atoms. The molecular weight excluding hydrogens is 320 g/mol. The predicted octanol–water partition coefficient (Wildman–Crippen LogP) is 2.95. The number of benzene rings is 1. The Bertz CT molecular complexity index is 606. The van der Waals surface area contributed by atoms with E-state index in [1.807, 2.05) is 19.1 Å². The summed E-state index contributed by atoms with van der Waals surface area (Å²) in [6, 6.07) is 6.60. The van der Waals surface area contributed by atoms with Crippen molar-refractivity contribution in [3.63, 3.8) is 0 Å². The Kier molecular flexibility index (Phi) is 6.98. The molecule has 6 heteroatoms. The van der Waals surface area contributed by atoms with Crippen LogP contribution < -0.4 is 10.6 Å². The molecule has 2 N–H and O–H groups in total. The van der Waals surface area contributed by atoms with Crippen molar-refractivity contribution in [3.05, 3.63) is 35.4 Å². The lowest BCUT2D eigenvalue weighted by Gasteiger charge is -2.23. The Morgan fingerprint density at radius 1 is 1.12 bits per heavy atom. The highest BCUT2D eigenvalue weighted by Gasteiger charge is 2.22. The molecular formula is C19H26N2O4. The summed E-state index contributed by atoms with van der Waals surface area (Å²) in [7, 11) is 0. The lowest BCUT2D eigenvalue weighted by Crippen LogP contribution is -2.48. The van der Waals surface area contributed by atoms with Crippen LogP contribution >= 0.6 is 0 Å². The summed E-state index contributed by atoms with van der Waals surface area (Å²) >= 11 is 0. The zero-order valence-corrected chi connectivity index (χ0v) is 14.8. The normalized spacial score (nSPS) is 15.9. The first-order chi connectivity index (χ1) is 12.0. The summed E-state index contributed by atoms with van der Waals surface area (Å²) in [5.74, 6) is -1.22. The third-order valence-electron chi connectivity index (χ3n) is 4.43. The minimum Gasteiger partial charge on any atom is -0.449 e. The second-order valence-electron chi connectivity index (χ2n) is 6.40. The van der Waals surface area contributed by atoms with Gasteiger partial charge in [-0.15, -0.1) is 0 Å². The fourth-order valence-corrected chi connectivity index (χ4v) is 2.84. The third-order valence-corrected chi connectivity index (χ3v) is 4.43. The molecule has 2 rings (SSSR count). The molecule has 0 aliphatic heterocycles. The van der Waals surface area contributed by atoms with E-state index in [0.717, 1.165) is 37.7 Å². The SMILES string of the molecule is CCc1ccc(C(=O)O[C@H](C)C(=O)NC(=O)NC2CCCCC2)cc1. The molecule has 6 nitrogen and oxygen atoms in total. The van der Waals surface area contributed by atoms with Gasteiger partial charge >= 0.3 is 12.0 Å². The highest BCUT2D eigenvalue weighted by molar-refractivity contribution is 5.98. The molecule has 0 aromatic heterocycles. The fourth-order valence-electron chi connectivity index (χ4n) is 2.84. The highest BCUT2D eigenvalue weighted by atomic mass is 16.5. The standard InChI is InChI=1S/C19H26N2O4/c1-3-14-9-11-15(12-10-14)18(23)25-13(2)17(22)21-19(24)20-16-7-5-4-6-8-16/h9-13,16H,3-8H2,1-2H3,(H2,20,21,22,24)/t13-/m1/s1. The zero-order chi connectivity index (χ0) is 18.2. The minimum atomic E-state index is -1.05. The molecule has 25 heavy (non-hydrogen) atoms. The van der Waals surface area contributed by atoms with Crippen LogP contribution in [0, 0.1) is 0 Å². The quantitative estimate of drug-likeness (QED) is 0.803. The van der Waals surface area contributed by atoms with Crippen LogP contribution in [0.4, 0.5) is 4.79 Å². The number of hydrogen-bond acceptors (Lipinski definition) is 4. The molecule has 1 saturated carbocycles. The van der Waals surface area contributed by atoms with Crippen molar-refractivity contribution in [3.8, 4) is 0 Å². The van der Waals surface area contributed by atoms with Gasteiger partial charge in [-0.2, -0.15) is 0 Å². The lowest BCUT2D eigenvalue weighted by molar-refractivity contribution is -0.127. The van der Waals surface area contributed by atoms with E-state index < -0.39 is 24.0 Å². The van der Waals surface area contributed by atoms with Crippen molar-refractivity contribution in [1.82, 2.24) is 10.6 Å². The summed E-state index contributed by atoms with van der Waals surface area (Å²) in [6.45, 7) is 3.47. The number of nitrogens with one attached hydrogen (secondary N) is 2. The number of amides is 3. The van der Waals surface area contributed by atoms with Crippen LogP contribution in [0.5, 0.6) is 0 Å². The van der Waals surface area contributed by atoms with Gasteiger partial charge < -0.3 is 10.1 Å². The molecule has 0 saturated heterocycles. The van der Waals surface area contributed by atoms with Crippen LogP contribution in [-0.4, -0.2) is 30.1 Å². The number of carbonyl (C=O) groups is 3. The molecule has 1 aliphatic carbocycles. The molecule has 0 spiro atoms. The molecule has 1 aromatic rings. The predicted molar refractivity (Wildman–Crippen MR) is 94.2 cm³/mol. The number of carbonyl (C=O) groups excluding carboxylic acids is 3. The summed E-state index contributed by atoms with van der Waals surface area (Å²) in [6.07, 6.45) is 5.05. The Morgan fingerprint density at radius 3 is 2.36 bits per heavy atom. The fraction of sp³-hybridized carbons (Fsp3) is 0.526. The van der Waals surface area contributed by atoms with Crippen molar-refractivity contribution in [1.29, 1.82) is 0 Å². The average molecular weight is 346 g/mol. The van der Waals surface area contributed by atoms with Crippen molar-refractivity contribution >= 4 is 17.9 Å². The minimum absolute atomic E-state index is 0.108. The number of rotatable bonds is 5. The van der Waals surface area contributed by atoms with E-state index in [2.05, 4.69) is 10.6 Å². The van der Waals surface area contributed by atoms with Gasteiger partial charge in [-0.1, -0.05) is 38.3 Å². The van der Waals surface area contributed by atoms with Crippen molar-refractivity contribution in [2.75, 3.05) is 0 Å². The Morgan fingerprint density at radius 2 is 1.76 bits per heavy atom. The first kappa shape index (κ1) is 19.0. The molecule has 0 radical (unpaired) electrons. The van der Waals surface area contributed by atoms with Gasteiger partial charge in [0.05, 0.1) is 5.56 Å². The van der Waals surface area contributed by atoms with Crippen LogP contribution in [0.1, 0.15) is 61.9 Å². The van der Waals surface area contributed by atoms with E-state index >= 15 is 0 Å². The van der Waals surface area contributed by atoms with Crippen LogP contribution in [0.25, 0.3) is 0 Å². The third kappa shape index (κ3) is 5.89. The smallest absolute Gasteiger partial charge is 0.338 e.